The van der Waals surface area contributed by atoms with E-state index in [9.17, 15) is 13.0 Å². The van der Waals surface area contributed by atoms with Gasteiger partial charge in [0, 0.05) is 16.3 Å². The number of rotatable bonds is 3. The Balaban J connectivity index is 1.98. The van der Waals surface area contributed by atoms with Gasteiger partial charge in [-0.1, -0.05) is 84.9 Å². The molecular weight excluding hydrogens is 394 g/mol. The van der Waals surface area contributed by atoms with Crippen molar-refractivity contribution in [2.45, 2.75) is 4.90 Å². The van der Waals surface area contributed by atoms with Crippen LogP contribution in [-0.2, 0) is 10.1 Å². The lowest BCUT2D eigenvalue weighted by molar-refractivity contribution is 0.484. The van der Waals surface area contributed by atoms with Crippen LogP contribution >= 0.6 is 0 Å². The van der Waals surface area contributed by atoms with Crippen molar-refractivity contribution in [1.29, 1.82) is 0 Å². The summed E-state index contributed by atoms with van der Waals surface area (Å²) >= 11 is 0. The van der Waals surface area contributed by atoms with Crippen LogP contribution in [0.15, 0.2) is 102 Å². The van der Waals surface area contributed by atoms with Crippen LogP contribution in [0.5, 0.6) is 0 Å². The quantitative estimate of drug-likeness (QED) is 0.293. The molecule has 5 aromatic rings. The molecule has 1 heterocycles. The van der Waals surface area contributed by atoms with Crippen molar-refractivity contribution in [3.8, 4) is 22.4 Å². The van der Waals surface area contributed by atoms with Crippen molar-refractivity contribution in [1.82, 2.24) is 4.98 Å². The number of aromatic nitrogens is 1. The van der Waals surface area contributed by atoms with E-state index in [2.05, 4.69) is 0 Å². The van der Waals surface area contributed by atoms with Gasteiger partial charge in [-0.2, -0.15) is 8.42 Å². The normalized spacial score (nSPS) is 11.8. The minimum absolute atomic E-state index is 0.137. The fourth-order valence-electron chi connectivity index (χ4n) is 3.86. The summed E-state index contributed by atoms with van der Waals surface area (Å²) in [6.45, 7) is 0. The van der Waals surface area contributed by atoms with Crippen LogP contribution in [-0.4, -0.2) is 18.0 Å². The van der Waals surface area contributed by atoms with Gasteiger partial charge in [0.05, 0.1) is 11.2 Å². The van der Waals surface area contributed by atoms with Crippen molar-refractivity contribution < 1.29 is 13.0 Å². The van der Waals surface area contributed by atoms with Gasteiger partial charge in [-0.05, 0) is 28.6 Å². The second-order valence-electron chi connectivity index (χ2n) is 7.08. The third kappa shape index (κ3) is 3.14. The van der Waals surface area contributed by atoms with Crippen molar-refractivity contribution in [3.63, 3.8) is 0 Å². The molecule has 4 aromatic carbocycles. The van der Waals surface area contributed by atoms with Gasteiger partial charge in [0.2, 0.25) is 0 Å². The topological polar surface area (TPSA) is 67.3 Å². The first-order valence-corrected chi connectivity index (χ1v) is 10.9. The Kier molecular flexibility index (Phi) is 4.35. The monoisotopic (exact) mass is 411 g/mol. The predicted octanol–water partition coefficient (Wildman–Crippen LogP) is 5.97. The first kappa shape index (κ1) is 18.5. The Morgan fingerprint density at radius 1 is 0.700 bits per heavy atom. The highest BCUT2D eigenvalue weighted by Gasteiger charge is 2.19. The molecule has 4 nitrogen and oxygen atoms in total. The van der Waals surface area contributed by atoms with E-state index in [1.807, 2.05) is 84.9 Å². The Morgan fingerprint density at radius 3 is 2.03 bits per heavy atom. The van der Waals surface area contributed by atoms with E-state index in [4.69, 9.17) is 4.98 Å². The second kappa shape index (κ2) is 7.06. The molecule has 0 spiro atoms. The minimum Gasteiger partial charge on any atom is -0.282 e. The SMILES string of the molecule is O=S(=O)(O)c1cccc2ccc3c(-c4ccccc4)cc(-c4ccccc4)nc3c12. The average Bonchev–Trinajstić information content (AvgIpc) is 2.78. The van der Waals surface area contributed by atoms with Crippen LogP contribution in [0.2, 0.25) is 0 Å². The Hall–Kier alpha value is -3.54. The third-order valence-electron chi connectivity index (χ3n) is 5.22. The fourth-order valence-corrected chi connectivity index (χ4v) is 4.58. The van der Waals surface area contributed by atoms with Crippen LogP contribution in [0.4, 0.5) is 0 Å². The van der Waals surface area contributed by atoms with Crippen LogP contribution in [0.25, 0.3) is 44.1 Å². The molecule has 0 saturated carbocycles. The predicted molar refractivity (Wildman–Crippen MR) is 120 cm³/mol. The van der Waals surface area contributed by atoms with Crippen molar-refractivity contribution >= 4 is 31.8 Å². The van der Waals surface area contributed by atoms with Gasteiger partial charge in [0.1, 0.15) is 4.90 Å². The summed E-state index contributed by atoms with van der Waals surface area (Å²) < 4.78 is 34.1. The number of benzene rings is 4. The maximum atomic E-state index is 12.1. The molecule has 0 unspecified atom stereocenters. The summed E-state index contributed by atoms with van der Waals surface area (Å²) in [5.41, 5.74) is 4.16. The van der Waals surface area contributed by atoms with Gasteiger partial charge in [0.15, 0.2) is 0 Å². The molecule has 146 valence electrons. The Bertz CT molecular complexity index is 1500. The molecule has 0 bridgehead atoms. The van der Waals surface area contributed by atoms with Crippen LogP contribution in [0.1, 0.15) is 0 Å². The van der Waals surface area contributed by atoms with E-state index in [0.29, 0.717) is 16.3 Å². The summed E-state index contributed by atoms with van der Waals surface area (Å²) in [5, 5.41) is 1.95. The van der Waals surface area contributed by atoms with Crippen molar-refractivity contribution in [2.24, 2.45) is 0 Å². The number of pyridine rings is 1. The van der Waals surface area contributed by atoms with E-state index in [1.165, 1.54) is 6.07 Å². The van der Waals surface area contributed by atoms with E-state index in [1.54, 1.807) is 6.07 Å². The molecule has 0 aliphatic heterocycles. The molecule has 0 radical (unpaired) electrons. The summed E-state index contributed by atoms with van der Waals surface area (Å²) in [7, 11) is -4.42. The smallest absolute Gasteiger partial charge is 0.282 e. The maximum Gasteiger partial charge on any atom is 0.295 e. The second-order valence-corrected chi connectivity index (χ2v) is 8.47. The molecule has 5 heteroatoms. The molecule has 0 aliphatic rings. The largest absolute Gasteiger partial charge is 0.295 e. The van der Waals surface area contributed by atoms with Gasteiger partial charge in [0.25, 0.3) is 10.1 Å². The highest BCUT2D eigenvalue weighted by Crippen LogP contribution is 2.37. The summed E-state index contributed by atoms with van der Waals surface area (Å²) in [6.07, 6.45) is 0. The zero-order valence-corrected chi connectivity index (χ0v) is 16.7. The van der Waals surface area contributed by atoms with Crippen LogP contribution in [0.3, 0.4) is 0 Å². The zero-order chi connectivity index (χ0) is 20.7. The third-order valence-corrected chi connectivity index (χ3v) is 6.11. The lowest BCUT2D eigenvalue weighted by atomic mass is 9.96. The van der Waals surface area contributed by atoms with Crippen molar-refractivity contribution in [2.75, 3.05) is 0 Å². The van der Waals surface area contributed by atoms with Gasteiger partial charge in [-0.3, -0.25) is 4.55 Å². The minimum atomic E-state index is -4.42. The first-order valence-electron chi connectivity index (χ1n) is 9.47. The Morgan fingerprint density at radius 2 is 1.37 bits per heavy atom. The van der Waals surface area contributed by atoms with E-state index < -0.39 is 10.1 Å². The lowest BCUT2D eigenvalue weighted by Gasteiger charge is -2.14. The highest BCUT2D eigenvalue weighted by molar-refractivity contribution is 7.86. The van der Waals surface area contributed by atoms with E-state index >= 15 is 0 Å². The molecule has 0 fully saturated rings. The maximum absolute atomic E-state index is 12.1. The van der Waals surface area contributed by atoms with E-state index in [-0.39, 0.29) is 4.90 Å². The van der Waals surface area contributed by atoms with Gasteiger partial charge >= 0.3 is 0 Å². The number of fused-ring (bicyclic) bond motifs is 3. The molecule has 1 N–H and O–H groups in total. The lowest BCUT2D eigenvalue weighted by Crippen LogP contribution is -2.00. The molecule has 1 aromatic heterocycles. The number of hydrogen-bond donors (Lipinski definition) is 1. The summed E-state index contributed by atoms with van der Waals surface area (Å²) in [6, 6.07) is 30.4. The Labute approximate surface area is 174 Å². The molecule has 5 rings (SSSR count). The first-order chi connectivity index (χ1) is 14.5. The molecule has 0 amide bonds. The standard InChI is InChI=1S/C25H17NO3S/c27-30(28,29)23-13-7-12-19-14-15-20-21(17-8-3-1-4-9-17)16-22(26-25(20)24(19)23)18-10-5-2-6-11-18/h1-16H,(H,27,28,29). The number of hydrogen-bond acceptors (Lipinski definition) is 3. The number of nitrogens with zero attached hydrogens (tertiary/aromatic N) is 1. The molecule has 0 aliphatic carbocycles. The van der Waals surface area contributed by atoms with Gasteiger partial charge in [-0.15, -0.1) is 0 Å². The highest BCUT2D eigenvalue weighted by atomic mass is 32.2. The van der Waals surface area contributed by atoms with Crippen LogP contribution < -0.4 is 0 Å². The molecule has 30 heavy (non-hydrogen) atoms. The summed E-state index contributed by atoms with van der Waals surface area (Å²) in [5.74, 6) is 0. The molecule has 0 saturated heterocycles. The average molecular weight is 411 g/mol. The van der Waals surface area contributed by atoms with Gasteiger partial charge in [-0.25, -0.2) is 4.98 Å². The van der Waals surface area contributed by atoms with Gasteiger partial charge < -0.3 is 0 Å². The van der Waals surface area contributed by atoms with E-state index in [0.717, 1.165) is 27.8 Å². The molecule has 0 atom stereocenters. The molecular formula is C25H17NO3S. The van der Waals surface area contributed by atoms with Crippen molar-refractivity contribution in [3.05, 3.63) is 97.1 Å². The zero-order valence-electron chi connectivity index (χ0n) is 15.9. The van der Waals surface area contributed by atoms with Crippen LogP contribution in [0, 0.1) is 0 Å². The fraction of sp³-hybridized carbons (Fsp3) is 0. The summed E-state index contributed by atoms with van der Waals surface area (Å²) in [4.78, 5) is 4.72.